The number of carbonyl (C=O) groups excluding carboxylic acids is 1. The Labute approximate surface area is 84.0 Å². The molecule has 5 nitrogen and oxygen atoms in total. The summed E-state index contributed by atoms with van der Waals surface area (Å²) in [7, 11) is 1.62. The van der Waals surface area contributed by atoms with E-state index in [9.17, 15) is 4.79 Å². The van der Waals surface area contributed by atoms with Crippen molar-refractivity contribution in [3.63, 3.8) is 0 Å². The highest BCUT2D eigenvalue weighted by Crippen LogP contribution is 2.10. The summed E-state index contributed by atoms with van der Waals surface area (Å²) in [4.78, 5) is 13.4. The molecule has 2 unspecified atom stereocenters. The second-order valence-electron chi connectivity index (χ2n) is 3.44. The summed E-state index contributed by atoms with van der Waals surface area (Å²) in [6, 6.07) is -0.267. The van der Waals surface area contributed by atoms with Crippen molar-refractivity contribution in [1.29, 1.82) is 0 Å². The van der Waals surface area contributed by atoms with E-state index >= 15 is 0 Å². The lowest BCUT2D eigenvalue weighted by Gasteiger charge is -2.37. The monoisotopic (exact) mass is 202 g/mol. The van der Waals surface area contributed by atoms with Gasteiger partial charge < -0.3 is 15.2 Å². The van der Waals surface area contributed by atoms with Crippen LogP contribution in [-0.2, 0) is 9.53 Å². The molecule has 0 bridgehead atoms. The van der Waals surface area contributed by atoms with Crippen LogP contribution in [0.4, 0.5) is 0 Å². The van der Waals surface area contributed by atoms with Crippen molar-refractivity contribution in [2.75, 3.05) is 33.4 Å². The smallest absolute Gasteiger partial charge is 0.236 e. The highest BCUT2D eigenvalue weighted by molar-refractivity contribution is 5.81. The number of rotatable bonds is 3. The van der Waals surface area contributed by atoms with E-state index < -0.39 is 0 Å². The first kappa shape index (κ1) is 11.4. The highest BCUT2D eigenvalue weighted by Gasteiger charge is 2.29. The third-order valence-electron chi connectivity index (χ3n) is 2.61. The summed E-state index contributed by atoms with van der Waals surface area (Å²) >= 11 is 0. The molecule has 0 aromatic rings. The first-order valence-corrected chi connectivity index (χ1v) is 4.86. The molecule has 1 amide bonds. The zero-order valence-electron chi connectivity index (χ0n) is 8.69. The Morgan fingerprint density at radius 1 is 1.79 bits per heavy atom. The second-order valence-corrected chi connectivity index (χ2v) is 3.44. The van der Waals surface area contributed by atoms with Crippen LogP contribution >= 0.6 is 0 Å². The van der Waals surface area contributed by atoms with Crippen LogP contribution in [0.1, 0.15) is 6.92 Å². The van der Waals surface area contributed by atoms with Crippen molar-refractivity contribution >= 4 is 5.91 Å². The number of hydrogen-bond acceptors (Lipinski definition) is 4. The number of aliphatic hydroxyl groups excluding tert-OH is 1. The standard InChI is InChI=1S/C9H18N2O3/c1-7(9(13)10-2)11-3-4-14-6-8(11)5-12/h7-8,12H,3-6H2,1-2H3,(H,10,13). The SMILES string of the molecule is CNC(=O)C(C)N1CCOCC1CO. The average molecular weight is 202 g/mol. The number of morpholine rings is 1. The normalized spacial score (nSPS) is 25.8. The molecule has 1 heterocycles. The number of carbonyl (C=O) groups is 1. The van der Waals surface area contributed by atoms with Gasteiger partial charge in [-0.05, 0) is 6.92 Å². The van der Waals surface area contributed by atoms with Crippen LogP contribution in [0.25, 0.3) is 0 Å². The molecule has 0 spiro atoms. The van der Waals surface area contributed by atoms with E-state index in [4.69, 9.17) is 9.84 Å². The molecule has 0 saturated carbocycles. The van der Waals surface area contributed by atoms with Crippen LogP contribution in [0.15, 0.2) is 0 Å². The Morgan fingerprint density at radius 2 is 2.50 bits per heavy atom. The van der Waals surface area contributed by atoms with Gasteiger partial charge in [0.15, 0.2) is 0 Å². The van der Waals surface area contributed by atoms with E-state index in [2.05, 4.69) is 5.32 Å². The van der Waals surface area contributed by atoms with Gasteiger partial charge >= 0.3 is 0 Å². The van der Waals surface area contributed by atoms with Gasteiger partial charge in [0.25, 0.3) is 0 Å². The summed E-state index contributed by atoms with van der Waals surface area (Å²) in [6.45, 7) is 3.68. The van der Waals surface area contributed by atoms with E-state index in [1.807, 2.05) is 11.8 Å². The Bertz CT molecular complexity index is 198. The number of nitrogens with one attached hydrogen (secondary N) is 1. The number of likely N-dealkylation sites (N-methyl/N-ethyl adjacent to an activating group) is 1. The van der Waals surface area contributed by atoms with Gasteiger partial charge in [0, 0.05) is 13.6 Å². The molecule has 0 aromatic carbocycles. The van der Waals surface area contributed by atoms with Gasteiger partial charge in [-0.2, -0.15) is 0 Å². The van der Waals surface area contributed by atoms with Gasteiger partial charge in [0.1, 0.15) is 0 Å². The molecular formula is C9H18N2O3. The number of aliphatic hydroxyl groups is 1. The fraction of sp³-hybridized carbons (Fsp3) is 0.889. The van der Waals surface area contributed by atoms with Crippen LogP contribution in [-0.4, -0.2) is 61.4 Å². The summed E-state index contributed by atoms with van der Waals surface area (Å²) in [5.41, 5.74) is 0. The van der Waals surface area contributed by atoms with Gasteiger partial charge in [0.05, 0.1) is 31.9 Å². The van der Waals surface area contributed by atoms with E-state index in [0.29, 0.717) is 19.8 Å². The molecule has 14 heavy (non-hydrogen) atoms. The summed E-state index contributed by atoms with van der Waals surface area (Å²) in [6.07, 6.45) is 0. The number of ether oxygens (including phenoxy) is 1. The number of hydrogen-bond donors (Lipinski definition) is 2. The zero-order chi connectivity index (χ0) is 10.6. The van der Waals surface area contributed by atoms with Gasteiger partial charge in [-0.1, -0.05) is 0 Å². The molecule has 0 aromatic heterocycles. The molecule has 1 aliphatic rings. The third-order valence-corrected chi connectivity index (χ3v) is 2.61. The second kappa shape index (κ2) is 5.29. The number of nitrogens with zero attached hydrogens (tertiary/aromatic N) is 1. The molecule has 2 N–H and O–H groups in total. The van der Waals surface area contributed by atoms with Crippen molar-refractivity contribution in [3.8, 4) is 0 Å². The van der Waals surface area contributed by atoms with Crippen LogP contribution in [0.2, 0.25) is 0 Å². The Hall–Kier alpha value is -0.650. The van der Waals surface area contributed by atoms with Crippen molar-refractivity contribution in [2.45, 2.75) is 19.0 Å². The first-order valence-electron chi connectivity index (χ1n) is 4.86. The summed E-state index contributed by atoms with van der Waals surface area (Å²) < 4.78 is 5.23. The van der Waals surface area contributed by atoms with Crippen LogP contribution in [0.3, 0.4) is 0 Å². The minimum absolute atomic E-state index is 0.0228. The molecule has 1 rings (SSSR count). The van der Waals surface area contributed by atoms with Crippen LogP contribution in [0, 0.1) is 0 Å². The van der Waals surface area contributed by atoms with E-state index in [-0.39, 0.29) is 24.6 Å². The fourth-order valence-electron chi connectivity index (χ4n) is 1.69. The van der Waals surface area contributed by atoms with Crippen molar-refractivity contribution in [2.24, 2.45) is 0 Å². The van der Waals surface area contributed by atoms with Gasteiger partial charge in [0.2, 0.25) is 5.91 Å². The predicted octanol–water partition coefficient (Wildman–Crippen LogP) is -1.19. The molecule has 0 radical (unpaired) electrons. The number of amides is 1. The maximum absolute atomic E-state index is 11.4. The maximum atomic E-state index is 11.4. The van der Waals surface area contributed by atoms with Crippen molar-refractivity contribution in [1.82, 2.24) is 10.2 Å². The lowest BCUT2D eigenvalue weighted by atomic mass is 10.1. The molecule has 82 valence electrons. The first-order chi connectivity index (χ1) is 6.70. The van der Waals surface area contributed by atoms with Gasteiger partial charge in [-0.25, -0.2) is 0 Å². The fourth-order valence-corrected chi connectivity index (χ4v) is 1.69. The molecule has 2 atom stereocenters. The average Bonchev–Trinajstić information content (AvgIpc) is 2.26. The molecule has 1 saturated heterocycles. The summed E-state index contributed by atoms with van der Waals surface area (Å²) in [5, 5.41) is 11.7. The lowest BCUT2D eigenvalue weighted by molar-refractivity contribution is -0.130. The van der Waals surface area contributed by atoms with E-state index in [1.54, 1.807) is 7.05 Å². The minimum atomic E-state index is -0.207. The summed E-state index contributed by atoms with van der Waals surface area (Å²) in [5.74, 6) is -0.0228. The third kappa shape index (κ3) is 2.43. The molecule has 5 heteroatoms. The molecule has 1 fully saturated rings. The quantitative estimate of drug-likeness (QED) is 0.604. The lowest BCUT2D eigenvalue weighted by Crippen LogP contribution is -2.55. The predicted molar refractivity (Wildman–Crippen MR) is 51.9 cm³/mol. The molecule has 1 aliphatic heterocycles. The van der Waals surface area contributed by atoms with Crippen LogP contribution in [0.5, 0.6) is 0 Å². The highest BCUT2D eigenvalue weighted by atomic mass is 16.5. The largest absolute Gasteiger partial charge is 0.395 e. The molecule has 0 aliphatic carbocycles. The van der Waals surface area contributed by atoms with E-state index in [0.717, 1.165) is 0 Å². The van der Waals surface area contributed by atoms with Gasteiger partial charge in [-0.15, -0.1) is 0 Å². The minimum Gasteiger partial charge on any atom is -0.395 e. The van der Waals surface area contributed by atoms with E-state index in [1.165, 1.54) is 0 Å². The Morgan fingerprint density at radius 3 is 3.07 bits per heavy atom. The van der Waals surface area contributed by atoms with Crippen molar-refractivity contribution in [3.05, 3.63) is 0 Å². The maximum Gasteiger partial charge on any atom is 0.236 e. The van der Waals surface area contributed by atoms with Crippen LogP contribution < -0.4 is 5.32 Å². The Balaban J connectivity index is 2.58. The topological polar surface area (TPSA) is 61.8 Å². The van der Waals surface area contributed by atoms with Crippen molar-refractivity contribution < 1.29 is 14.6 Å². The van der Waals surface area contributed by atoms with Gasteiger partial charge in [-0.3, -0.25) is 9.69 Å². The Kier molecular flexibility index (Phi) is 4.31. The molecular weight excluding hydrogens is 184 g/mol. The zero-order valence-corrected chi connectivity index (χ0v) is 8.69.